The van der Waals surface area contributed by atoms with E-state index in [0.717, 1.165) is 35.5 Å². The van der Waals surface area contributed by atoms with Crippen LogP contribution < -0.4 is 0 Å². The van der Waals surface area contributed by atoms with Crippen molar-refractivity contribution in [3.8, 4) is 0 Å². The monoisotopic (exact) mass is 384 g/mol. The first-order valence-corrected chi connectivity index (χ1v) is 13.0. The molecule has 0 saturated heterocycles. The van der Waals surface area contributed by atoms with E-state index in [9.17, 15) is 0 Å². The number of allylic oxidation sites excluding steroid dienone is 2. The molecule has 2 saturated carbocycles. The normalized spacial score (nSPS) is 44.2. The Morgan fingerprint density at radius 1 is 0.929 bits per heavy atom. The van der Waals surface area contributed by atoms with Gasteiger partial charge in [-0.05, 0) is 91.3 Å². The van der Waals surface area contributed by atoms with Gasteiger partial charge in [-0.3, -0.25) is 0 Å². The molecule has 0 aliphatic heterocycles. The van der Waals surface area contributed by atoms with E-state index in [-0.39, 0.29) is 0 Å². The molecule has 160 valence electrons. The Balaban J connectivity index is 1.54. The summed E-state index contributed by atoms with van der Waals surface area (Å²) in [6, 6.07) is 0. The van der Waals surface area contributed by atoms with E-state index >= 15 is 0 Å². The highest BCUT2D eigenvalue weighted by atomic mass is 14.6. The van der Waals surface area contributed by atoms with E-state index in [1.807, 2.05) is 11.1 Å². The van der Waals surface area contributed by atoms with Crippen LogP contribution in [0.2, 0.25) is 0 Å². The van der Waals surface area contributed by atoms with Gasteiger partial charge in [0.05, 0.1) is 0 Å². The Bertz CT molecular complexity index is 597. The Kier molecular flexibility index (Phi) is 5.83. The van der Waals surface area contributed by atoms with E-state index in [4.69, 9.17) is 0 Å². The fraction of sp³-hybridized carbons (Fsp3) is 0.929. The summed E-state index contributed by atoms with van der Waals surface area (Å²) in [4.78, 5) is 0. The van der Waals surface area contributed by atoms with Crippen LogP contribution in [0.1, 0.15) is 119 Å². The lowest BCUT2D eigenvalue weighted by Gasteiger charge is -2.56. The second-order valence-corrected chi connectivity index (χ2v) is 12.5. The second-order valence-electron chi connectivity index (χ2n) is 12.5. The highest BCUT2D eigenvalue weighted by molar-refractivity contribution is 5.34. The summed E-state index contributed by atoms with van der Waals surface area (Å²) in [5, 5.41) is 0. The predicted octanol–water partition coefficient (Wildman–Crippen LogP) is 8.81. The molecule has 0 N–H and O–H groups in total. The molecular weight excluding hydrogens is 336 g/mol. The molecule has 0 heterocycles. The summed E-state index contributed by atoms with van der Waals surface area (Å²) in [6.07, 6.45) is 17.7. The summed E-state index contributed by atoms with van der Waals surface area (Å²) in [5.41, 5.74) is 5.16. The van der Waals surface area contributed by atoms with Gasteiger partial charge in [0.2, 0.25) is 0 Å². The zero-order valence-corrected chi connectivity index (χ0v) is 19.9. The van der Waals surface area contributed by atoms with E-state index < -0.39 is 0 Å². The van der Waals surface area contributed by atoms with Crippen LogP contribution in [0.4, 0.5) is 0 Å². The standard InChI is InChI=1S/C28H48/c1-19(2)9-7-10-20(3)24-14-15-25-22-12-13-23-21(4)11-8-17-27(23,5)26(22)16-18-28(24,25)6/h19-21,23-25H,7-18H2,1-6H3/t20-,21?,23?,24-,25+,27+,28-/m1/s1. The van der Waals surface area contributed by atoms with Crippen molar-refractivity contribution < 1.29 is 0 Å². The van der Waals surface area contributed by atoms with Gasteiger partial charge in [0, 0.05) is 0 Å². The van der Waals surface area contributed by atoms with E-state index in [2.05, 4.69) is 41.5 Å². The van der Waals surface area contributed by atoms with Crippen molar-refractivity contribution in [2.24, 2.45) is 46.3 Å². The van der Waals surface area contributed by atoms with Crippen LogP contribution in [0.5, 0.6) is 0 Å². The van der Waals surface area contributed by atoms with Crippen molar-refractivity contribution in [2.75, 3.05) is 0 Å². The van der Waals surface area contributed by atoms with Crippen LogP contribution >= 0.6 is 0 Å². The number of hydrogen-bond donors (Lipinski definition) is 0. The molecule has 0 aromatic carbocycles. The van der Waals surface area contributed by atoms with Crippen molar-refractivity contribution in [1.82, 2.24) is 0 Å². The van der Waals surface area contributed by atoms with Crippen LogP contribution in [0, 0.1) is 46.3 Å². The lowest BCUT2D eigenvalue weighted by Crippen LogP contribution is -2.45. The van der Waals surface area contributed by atoms with Crippen molar-refractivity contribution in [3.63, 3.8) is 0 Å². The summed E-state index contributed by atoms with van der Waals surface area (Å²) >= 11 is 0. The average molecular weight is 385 g/mol. The van der Waals surface area contributed by atoms with E-state index in [1.54, 1.807) is 0 Å². The quantitative estimate of drug-likeness (QED) is 0.415. The molecule has 7 atom stereocenters. The molecule has 0 aromatic rings. The van der Waals surface area contributed by atoms with E-state index in [1.165, 1.54) is 77.0 Å². The lowest BCUT2D eigenvalue weighted by atomic mass is 9.49. The Morgan fingerprint density at radius 3 is 2.46 bits per heavy atom. The fourth-order valence-corrected chi connectivity index (χ4v) is 9.02. The smallest absolute Gasteiger partial charge is 0.00827 e. The van der Waals surface area contributed by atoms with Gasteiger partial charge in [-0.1, -0.05) is 84.8 Å². The van der Waals surface area contributed by atoms with Crippen LogP contribution in [0.3, 0.4) is 0 Å². The maximum atomic E-state index is 2.72. The molecule has 0 spiro atoms. The van der Waals surface area contributed by atoms with Crippen molar-refractivity contribution in [1.29, 1.82) is 0 Å². The topological polar surface area (TPSA) is 0 Å². The Labute approximate surface area is 176 Å². The molecule has 0 radical (unpaired) electrons. The molecule has 4 aliphatic rings. The lowest BCUT2D eigenvalue weighted by molar-refractivity contribution is 0.0437. The molecule has 28 heavy (non-hydrogen) atoms. The second kappa shape index (κ2) is 7.77. The summed E-state index contributed by atoms with van der Waals surface area (Å²) in [7, 11) is 0. The molecule has 0 nitrogen and oxygen atoms in total. The molecule has 0 bridgehead atoms. The van der Waals surface area contributed by atoms with Gasteiger partial charge >= 0.3 is 0 Å². The number of hydrogen-bond acceptors (Lipinski definition) is 0. The van der Waals surface area contributed by atoms with Crippen LogP contribution in [0.25, 0.3) is 0 Å². The molecular formula is C28H48. The first-order chi connectivity index (χ1) is 13.3. The molecule has 0 amide bonds. The van der Waals surface area contributed by atoms with Gasteiger partial charge in [0.15, 0.2) is 0 Å². The zero-order chi connectivity index (χ0) is 20.1. The van der Waals surface area contributed by atoms with Gasteiger partial charge in [-0.15, -0.1) is 0 Å². The first-order valence-electron chi connectivity index (χ1n) is 13.0. The zero-order valence-electron chi connectivity index (χ0n) is 19.9. The predicted molar refractivity (Wildman–Crippen MR) is 122 cm³/mol. The summed E-state index contributed by atoms with van der Waals surface area (Å²) in [5.74, 6) is 5.65. The molecule has 2 fully saturated rings. The van der Waals surface area contributed by atoms with Gasteiger partial charge in [-0.2, -0.15) is 0 Å². The SMILES string of the molecule is CC(C)CCC[C@@H](C)[C@H]1CC[C@H]2C3=C(CC[C@]12C)[C@@]1(C)CCCC(C)C1CC3. The Morgan fingerprint density at radius 2 is 1.71 bits per heavy atom. The minimum Gasteiger partial charge on any atom is -0.0668 e. The van der Waals surface area contributed by atoms with Crippen LogP contribution in [-0.4, -0.2) is 0 Å². The van der Waals surface area contributed by atoms with Gasteiger partial charge < -0.3 is 0 Å². The molecule has 4 aliphatic carbocycles. The number of fused-ring (bicyclic) bond motifs is 4. The third kappa shape index (κ3) is 3.33. The van der Waals surface area contributed by atoms with E-state index in [0.29, 0.717) is 10.8 Å². The van der Waals surface area contributed by atoms with Gasteiger partial charge in [0.25, 0.3) is 0 Å². The first kappa shape index (κ1) is 21.0. The summed E-state index contributed by atoms with van der Waals surface area (Å²) < 4.78 is 0. The third-order valence-corrected chi connectivity index (χ3v) is 10.5. The Hall–Kier alpha value is -0.260. The highest BCUT2D eigenvalue weighted by Gasteiger charge is 2.55. The largest absolute Gasteiger partial charge is 0.0668 e. The van der Waals surface area contributed by atoms with Crippen molar-refractivity contribution in [3.05, 3.63) is 11.1 Å². The van der Waals surface area contributed by atoms with Crippen molar-refractivity contribution >= 4 is 0 Å². The van der Waals surface area contributed by atoms with Crippen LogP contribution in [0.15, 0.2) is 11.1 Å². The van der Waals surface area contributed by atoms with Gasteiger partial charge in [-0.25, -0.2) is 0 Å². The number of rotatable bonds is 5. The summed E-state index contributed by atoms with van der Waals surface area (Å²) in [6.45, 7) is 15.3. The maximum Gasteiger partial charge on any atom is -0.00827 e. The molecule has 0 heteroatoms. The molecule has 0 aromatic heterocycles. The van der Waals surface area contributed by atoms with Gasteiger partial charge in [0.1, 0.15) is 0 Å². The highest BCUT2D eigenvalue weighted by Crippen LogP contribution is 2.66. The maximum absolute atomic E-state index is 2.72. The van der Waals surface area contributed by atoms with Crippen molar-refractivity contribution in [2.45, 2.75) is 119 Å². The average Bonchev–Trinajstić information content (AvgIpc) is 2.98. The third-order valence-electron chi connectivity index (χ3n) is 10.5. The minimum absolute atomic E-state index is 0.563. The molecule has 2 unspecified atom stereocenters. The molecule has 4 rings (SSSR count). The fourth-order valence-electron chi connectivity index (χ4n) is 9.02. The minimum atomic E-state index is 0.563. The van der Waals surface area contributed by atoms with Crippen LogP contribution in [-0.2, 0) is 0 Å².